The molecule has 1 fully saturated rings. The van der Waals surface area contributed by atoms with Gasteiger partial charge in [-0.15, -0.1) is 0 Å². The Kier molecular flexibility index (Phi) is 6.64. The van der Waals surface area contributed by atoms with Crippen LogP contribution in [0.4, 0.5) is 5.69 Å². The minimum atomic E-state index is -3.39. The minimum absolute atomic E-state index is 0.00208. The number of nitrogens with one attached hydrogen (secondary N) is 2. The number of fused-ring (bicyclic) bond motifs is 1. The number of benzene rings is 1. The molecule has 1 saturated heterocycles. The first-order valence-corrected chi connectivity index (χ1v) is 11.5. The van der Waals surface area contributed by atoms with Crippen LogP contribution in [0.5, 0.6) is 5.75 Å². The van der Waals surface area contributed by atoms with E-state index in [1.54, 1.807) is 18.2 Å². The molecule has 0 aliphatic carbocycles. The molecule has 28 heavy (non-hydrogen) atoms. The van der Waals surface area contributed by atoms with Gasteiger partial charge in [0.1, 0.15) is 11.4 Å². The first-order chi connectivity index (χ1) is 13.3. The second-order valence-corrected chi connectivity index (χ2v) is 9.28. The molecule has 0 radical (unpaired) electrons. The lowest BCUT2D eigenvalue weighted by atomic mass is 9.82. The van der Waals surface area contributed by atoms with E-state index in [4.69, 9.17) is 9.47 Å². The van der Waals surface area contributed by atoms with Crippen LogP contribution in [0, 0.1) is 0 Å². The highest BCUT2D eigenvalue weighted by molar-refractivity contribution is 7.92. The predicted octanol–water partition coefficient (Wildman–Crippen LogP) is 0.0122. The Morgan fingerprint density at radius 1 is 1.29 bits per heavy atom. The zero-order chi connectivity index (χ0) is 20.2. The number of piperidine rings is 1. The zero-order valence-electron chi connectivity index (χ0n) is 16.5. The number of Topliss-reactive ketones (excluding diaryl/α,β-unsaturated/α-hetero) is 1. The summed E-state index contributed by atoms with van der Waals surface area (Å²) in [7, 11) is -1.49. The third-order valence-corrected chi connectivity index (χ3v) is 5.81. The summed E-state index contributed by atoms with van der Waals surface area (Å²) in [6.45, 7) is 4.87. The largest absolute Gasteiger partial charge is 0.486 e. The molecule has 1 spiro atoms. The van der Waals surface area contributed by atoms with Crippen molar-refractivity contribution in [2.45, 2.75) is 24.9 Å². The zero-order valence-corrected chi connectivity index (χ0v) is 17.3. The van der Waals surface area contributed by atoms with Crippen molar-refractivity contribution in [3.05, 3.63) is 23.8 Å². The maximum Gasteiger partial charge on any atom is 0.229 e. The van der Waals surface area contributed by atoms with Crippen molar-refractivity contribution in [3.8, 4) is 5.75 Å². The summed E-state index contributed by atoms with van der Waals surface area (Å²) in [6.07, 6.45) is 2.99. The van der Waals surface area contributed by atoms with Gasteiger partial charge in [0.2, 0.25) is 10.0 Å². The monoisotopic (exact) mass is 409 g/mol. The van der Waals surface area contributed by atoms with Crippen LogP contribution in [-0.2, 0) is 14.8 Å². The van der Waals surface area contributed by atoms with Gasteiger partial charge in [-0.25, -0.2) is 8.42 Å². The lowest BCUT2D eigenvalue weighted by Gasteiger charge is -2.44. The lowest BCUT2D eigenvalue weighted by Crippen LogP contribution is -2.51. The Morgan fingerprint density at radius 2 is 2.04 bits per heavy atom. The second kappa shape index (κ2) is 8.81. The average Bonchev–Trinajstić information content (AvgIpc) is 2.63. The number of sulfonamides is 1. The molecule has 2 N–H and O–H groups in total. The molecule has 2 heterocycles. The predicted molar refractivity (Wildman–Crippen MR) is 110 cm³/mol. The van der Waals surface area contributed by atoms with Crippen LogP contribution in [0.2, 0.25) is 0 Å². The molecule has 154 valence electrons. The highest BCUT2D eigenvalue weighted by Crippen LogP contribution is 2.40. The topological polar surface area (TPSA) is 97.0 Å². The number of hydrogen-bond acceptors (Lipinski definition) is 7. The Bertz CT molecular complexity index is 809. The van der Waals surface area contributed by atoms with Crippen LogP contribution in [-0.4, -0.2) is 78.3 Å². The van der Waals surface area contributed by atoms with Crippen molar-refractivity contribution in [1.82, 2.24) is 10.1 Å². The minimum Gasteiger partial charge on any atom is -0.486 e. The number of hydrogen-bond donors (Lipinski definition) is 2. The summed E-state index contributed by atoms with van der Waals surface area (Å²) in [5.74, 6) is 0.543. The van der Waals surface area contributed by atoms with E-state index in [1.165, 1.54) is 0 Å². The van der Waals surface area contributed by atoms with Gasteiger partial charge >= 0.3 is 0 Å². The molecule has 10 heteroatoms. The Morgan fingerprint density at radius 3 is 2.71 bits per heavy atom. The number of likely N-dealkylation sites (tertiary alicyclic amines) is 1. The van der Waals surface area contributed by atoms with Gasteiger partial charge in [-0.3, -0.25) is 9.52 Å². The van der Waals surface area contributed by atoms with Crippen LogP contribution in [0.1, 0.15) is 29.6 Å². The normalized spacial score (nSPS) is 19.2. The number of ketones is 1. The molecule has 0 saturated carbocycles. The van der Waals surface area contributed by atoms with Crippen LogP contribution in [0.25, 0.3) is 0 Å². The first kappa shape index (κ1) is 21.1. The molecule has 2 aliphatic heterocycles. The van der Waals surface area contributed by atoms with Gasteiger partial charge in [0, 0.05) is 44.7 Å². The average molecular weight is 409 g/mol. The summed E-state index contributed by atoms with van der Waals surface area (Å²) in [5, 5.41) is 3.05. The molecule has 1 aromatic rings. The Balaban J connectivity index is 1.58. The third-order valence-electron chi connectivity index (χ3n) is 5.21. The van der Waals surface area contributed by atoms with Crippen molar-refractivity contribution >= 4 is 29.5 Å². The maximum absolute atomic E-state index is 12.7. The third kappa shape index (κ3) is 5.47. The second-order valence-electron chi connectivity index (χ2n) is 7.53. The summed E-state index contributed by atoms with van der Waals surface area (Å²) in [4.78, 5) is 15.1. The van der Waals surface area contributed by atoms with Crippen LogP contribution in [0.3, 0.4) is 0 Å². The molecule has 0 amide bonds. The van der Waals surface area contributed by atoms with E-state index in [1.807, 2.05) is 7.98 Å². The Hall–Kier alpha value is -1.62. The lowest BCUT2D eigenvalue weighted by molar-refractivity contribution is -0.0147. The van der Waals surface area contributed by atoms with Crippen molar-refractivity contribution in [1.29, 1.82) is 0 Å². The summed E-state index contributed by atoms with van der Waals surface area (Å²) >= 11 is 0. The number of carbonyl (C=O) groups excluding carboxylic acids is 1. The van der Waals surface area contributed by atoms with Gasteiger partial charge in [-0.2, -0.15) is 0 Å². The van der Waals surface area contributed by atoms with E-state index < -0.39 is 15.6 Å². The van der Waals surface area contributed by atoms with Crippen LogP contribution in [0.15, 0.2) is 18.2 Å². The molecule has 0 bridgehead atoms. The van der Waals surface area contributed by atoms with E-state index in [2.05, 4.69) is 14.8 Å². The summed E-state index contributed by atoms with van der Waals surface area (Å²) in [6, 6.07) is 4.87. The molecule has 2 aliphatic rings. The maximum atomic E-state index is 12.7. The van der Waals surface area contributed by atoms with Crippen LogP contribution < -0.4 is 14.7 Å². The van der Waals surface area contributed by atoms with Crippen molar-refractivity contribution < 1.29 is 22.7 Å². The molecule has 3 rings (SSSR count). The van der Waals surface area contributed by atoms with Crippen molar-refractivity contribution in [3.63, 3.8) is 0 Å². The first-order valence-electron chi connectivity index (χ1n) is 9.59. The molecular weight excluding hydrogens is 381 g/mol. The van der Waals surface area contributed by atoms with E-state index in [0.29, 0.717) is 36.6 Å². The van der Waals surface area contributed by atoms with Gasteiger partial charge in [-0.1, -0.05) is 0 Å². The number of ether oxygens (including phenoxy) is 2. The van der Waals surface area contributed by atoms with Gasteiger partial charge < -0.3 is 19.6 Å². The fourth-order valence-electron chi connectivity index (χ4n) is 3.70. The number of carbonyl (C=O) groups is 1. The van der Waals surface area contributed by atoms with Gasteiger partial charge in [-0.05, 0) is 18.2 Å². The van der Waals surface area contributed by atoms with Gasteiger partial charge in [0.05, 0.1) is 31.5 Å². The summed E-state index contributed by atoms with van der Waals surface area (Å²) < 4.78 is 37.1. The molecule has 0 aromatic heterocycles. The van der Waals surface area contributed by atoms with E-state index in [-0.39, 0.29) is 5.78 Å². The fraction of sp³-hybridized carbons (Fsp3) is 0.611. The van der Waals surface area contributed by atoms with E-state index in [9.17, 15) is 13.2 Å². The Labute approximate surface area is 167 Å². The van der Waals surface area contributed by atoms with Gasteiger partial charge in [0.25, 0.3) is 0 Å². The summed E-state index contributed by atoms with van der Waals surface area (Å²) in [5.41, 5.74) is 0.362. The van der Waals surface area contributed by atoms with E-state index >= 15 is 0 Å². The van der Waals surface area contributed by atoms with E-state index in [0.717, 1.165) is 45.3 Å². The standard InChI is InChI=1S/C18H28BN3O5S/c1-28(24,25)21-14-2-3-17-15(12-14)16(23)13-18(27-17)4-7-22(8-5-18)9-11-26-10-6-20-19/h2-3,12,20-21H,4-11,13,19H2,1H3. The number of rotatable bonds is 8. The number of anilines is 1. The quantitative estimate of drug-likeness (QED) is 0.461. The SMILES string of the molecule is BNCCOCCN1CCC2(CC1)CC(=O)c1cc(NS(C)(=O)=O)ccc1O2. The fourth-order valence-corrected chi connectivity index (χ4v) is 4.26. The van der Waals surface area contributed by atoms with Crippen molar-refractivity contribution in [2.75, 3.05) is 50.4 Å². The van der Waals surface area contributed by atoms with Gasteiger partial charge in [0.15, 0.2) is 13.8 Å². The van der Waals surface area contributed by atoms with Crippen molar-refractivity contribution in [2.24, 2.45) is 0 Å². The molecular formula is C18H28BN3O5S. The highest BCUT2D eigenvalue weighted by atomic mass is 32.2. The molecule has 0 unspecified atom stereocenters. The molecule has 0 atom stereocenters. The highest BCUT2D eigenvalue weighted by Gasteiger charge is 2.42. The molecule has 8 nitrogen and oxygen atoms in total. The number of nitrogens with zero attached hydrogens (tertiary/aromatic N) is 1. The van der Waals surface area contributed by atoms with Crippen LogP contribution >= 0.6 is 0 Å². The smallest absolute Gasteiger partial charge is 0.229 e. The molecule has 1 aromatic carbocycles.